The highest BCUT2D eigenvalue weighted by atomic mass is 32.2. The van der Waals surface area contributed by atoms with Crippen LogP contribution in [0.15, 0.2) is 53.7 Å². The van der Waals surface area contributed by atoms with Crippen molar-refractivity contribution in [2.45, 2.75) is 49.3 Å². The van der Waals surface area contributed by atoms with E-state index in [1.807, 2.05) is 36.4 Å². The van der Waals surface area contributed by atoms with Crippen molar-refractivity contribution in [3.8, 4) is 0 Å². The molecule has 2 heterocycles. The quantitative estimate of drug-likeness (QED) is 0.345. The number of carbonyl (C=O) groups excluding carboxylic acids is 2. The van der Waals surface area contributed by atoms with Crippen LogP contribution in [0.5, 0.6) is 0 Å². The maximum Gasteiger partial charge on any atom is 0.269 e. The molecule has 9 heteroatoms. The summed E-state index contributed by atoms with van der Waals surface area (Å²) in [5.41, 5.74) is 8.33. The van der Waals surface area contributed by atoms with Gasteiger partial charge in [-0.2, -0.15) is 0 Å². The van der Waals surface area contributed by atoms with Crippen molar-refractivity contribution in [3.63, 3.8) is 0 Å². The summed E-state index contributed by atoms with van der Waals surface area (Å²) in [7, 11) is 0. The molecule has 1 saturated heterocycles. The van der Waals surface area contributed by atoms with Gasteiger partial charge in [-0.05, 0) is 56.0 Å². The molecular formula is C24H28N4O4S. The SMILES string of the molecule is CC(OCC1CCCCO1)C(=O)NNC(=O)c1ccc(CSc2nc3ccccc3[nH]2)cc1. The van der Waals surface area contributed by atoms with Crippen LogP contribution < -0.4 is 10.9 Å². The van der Waals surface area contributed by atoms with Gasteiger partial charge < -0.3 is 14.5 Å². The maximum atomic E-state index is 12.4. The zero-order valence-corrected chi connectivity index (χ0v) is 19.3. The van der Waals surface area contributed by atoms with Gasteiger partial charge in [0.25, 0.3) is 11.8 Å². The number of thioether (sulfide) groups is 1. The highest BCUT2D eigenvalue weighted by Crippen LogP contribution is 2.23. The Balaban J connectivity index is 1.20. The number of aromatic nitrogens is 2. The Kier molecular flexibility index (Phi) is 7.98. The largest absolute Gasteiger partial charge is 0.376 e. The summed E-state index contributed by atoms with van der Waals surface area (Å²) in [6, 6.07) is 15.2. The van der Waals surface area contributed by atoms with Gasteiger partial charge in [0.1, 0.15) is 6.10 Å². The van der Waals surface area contributed by atoms with E-state index in [9.17, 15) is 9.59 Å². The highest BCUT2D eigenvalue weighted by Gasteiger charge is 2.19. The number of fused-ring (bicyclic) bond motifs is 1. The summed E-state index contributed by atoms with van der Waals surface area (Å²) in [5.74, 6) is -0.0708. The van der Waals surface area contributed by atoms with Crippen LogP contribution in [0, 0.1) is 0 Å². The third-order valence-electron chi connectivity index (χ3n) is 5.43. The number of hydrogen-bond donors (Lipinski definition) is 3. The Morgan fingerprint density at radius 1 is 1.18 bits per heavy atom. The van der Waals surface area contributed by atoms with Crippen LogP contribution in [0.1, 0.15) is 42.1 Å². The molecular weight excluding hydrogens is 440 g/mol. The Hall–Kier alpha value is -2.88. The number of nitrogens with one attached hydrogen (secondary N) is 3. The van der Waals surface area contributed by atoms with Gasteiger partial charge in [-0.15, -0.1) is 0 Å². The van der Waals surface area contributed by atoms with E-state index in [4.69, 9.17) is 9.47 Å². The van der Waals surface area contributed by atoms with Crippen LogP contribution >= 0.6 is 11.8 Å². The molecule has 174 valence electrons. The molecule has 8 nitrogen and oxygen atoms in total. The van der Waals surface area contributed by atoms with E-state index in [1.165, 1.54) is 0 Å². The third-order valence-corrected chi connectivity index (χ3v) is 6.38. The molecule has 0 spiro atoms. The average molecular weight is 469 g/mol. The minimum Gasteiger partial charge on any atom is -0.376 e. The molecule has 0 saturated carbocycles. The van der Waals surface area contributed by atoms with E-state index in [2.05, 4.69) is 20.8 Å². The monoisotopic (exact) mass is 468 g/mol. The van der Waals surface area contributed by atoms with E-state index in [0.717, 1.165) is 53.4 Å². The van der Waals surface area contributed by atoms with Crippen molar-refractivity contribution in [2.24, 2.45) is 0 Å². The lowest BCUT2D eigenvalue weighted by molar-refractivity contribution is -0.136. The lowest BCUT2D eigenvalue weighted by atomic mass is 10.1. The first-order valence-corrected chi connectivity index (χ1v) is 12.1. The predicted octanol–water partition coefficient (Wildman–Crippen LogP) is 3.59. The number of amides is 2. The summed E-state index contributed by atoms with van der Waals surface area (Å²) >= 11 is 1.60. The van der Waals surface area contributed by atoms with Gasteiger partial charge in [-0.3, -0.25) is 20.4 Å². The summed E-state index contributed by atoms with van der Waals surface area (Å²) in [4.78, 5) is 32.4. The zero-order valence-electron chi connectivity index (χ0n) is 18.5. The Bertz CT molecular complexity index is 1050. The van der Waals surface area contributed by atoms with Crippen LogP contribution in [0.4, 0.5) is 0 Å². The molecule has 0 aliphatic carbocycles. The number of hydrazine groups is 1. The molecule has 3 aromatic rings. The Morgan fingerprint density at radius 3 is 2.76 bits per heavy atom. The van der Waals surface area contributed by atoms with E-state index in [1.54, 1.807) is 30.8 Å². The first-order valence-electron chi connectivity index (χ1n) is 11.1. The third kappa shape index (κ3) is 6.56. The standard InChI is InChI=1S/C24H28N4O4S/c1-16(32-14-19-6-4-5-13-31-19)22(29)27-28-23(30)18-11-9-17(10-12-18)15-33-24-25-20-7-2-3-8-21(20)26-24/h2-3,7-12,16,19H,4-6,13-15H2,1H3,(H,25,26)(H,27,29)(H,28,30). The molecule has 0 bridgehead atoms. The van der Waals surface area contributed by atoms with Gasteiger partial charge in [-0.25, -0.2) is 4.98 Å². The van der Waals surface area contributed by atoms with Crippen LogP contribution in [-0.4, -0.2) is 47.2 Å². The second kappa shape index (κ2) is 11.3. The van der Waals surface area contributed by atoms with Gasteiger partial charge in [-0.1, -0.05) is 36.0 Å². The highest BCUT2D eigenvalue weighted by molar-refractivity contribution is 7.98. The lowest BCUT2D eigenvalue weighted by Gasteiger charge is -2.23. The molecule has 4 rings (SSSR count). The van der Waals surface area contributed by atoms with Crippen LogP contribution in [0.25, 0.3) is 11.0 Å². The number of ether oxygens (including phenoxy) is 2. The smallest absolute Gasteiger partial charge is 0.269 e. The molecule has 2 aromatic carbocycles. The number of nitrogens with zero attached hydrogens (tertiary/aromatic N) is 1. The molecule has 1 aliphatic heterocycles. The van der Waals surface area contributed by atoms with Crippen molar-refractivity contribution < 1.29 is 19.1 Å². The molecule has 2 atom stereocenters. The molecule has 2 unspecified atom stereocenters. The minimum atomic E-state index is -0.687. The fourth-order valence-corrected chi connectivity index (χ4v) is 4.30. The number of benzene rings is 2. The van der Waals surface area contributed by atoms with Crippen molar-refractivity contribution in [2.75, 3.05) is 13.2 Å². The van der Waals surface area contributed by atoms with Crippen molar-refractivity contribution in [1.82, 2.24) is 20.8 Å². The molecule has 2 amide bonds. The van der Waals surface area contributed by atoms with Crippen molar-refractivity contribution in [1.29, 1.82) is 0 Å². The summed E-state index contributed by atoms with van der Waals surface area (Å²) in [6.07, 6.45) is 2.47. The average Bonchev–Trinajstić information content (AvgIpc) is 3.28. The number of hydrogen-bond acceptors (Lipinski definition) is 6. The molecule has 1 aliphatic rings. The number of aromatic amines is 1. The molecule has 3 N–H and O–H groups in total. The van der Waals surface area contributed by atoms with E-state index < -0.39 is 12.0 Å². The number of carbonyl (C=O) groups is 2. The minimum absolute atomic E-state index is 0.0344. The van der Waals surface area contributed by atoms with Crippen LogP contribution in [-0.2, 0) is 20.0 Å². The van der Waals surface area contributed by atoms with E-state index in [0.29, 0.717) is 12.2 Å². The van der Waals surface area contributed by atoms with Gasteiger partial charge in [0.05, 0.1) is 23.7 Å². The van der Waals surface area contributed by atoms with E-state index in [-0.39, 0.29) is 12.0 Å². The summed E-state index contributed by atoms with van der Waals surface area (Å²) in [5, 5.41) is 0.854. The molecule has 0 radical (unpaired) electrons. The molecule has 33 heavy (non-hydrogen) atoms. The fourth-order valence-electron chi connectivity index (χ4n) is 3.46. The lowest BCUT2D eigenvalue weighted by Crippen LogP contribution is -2.46. The van der Waals surface area contributed by atoms with Crippen LogP contribution in [0.3, 0.4) is 0 Å². The van der Waals surface area contributed by atoms with Gasteiger partial charge in [0.15, 0.2) is 5.16 Å². The number of rotatable bonds is 8. The predicted molar refractivity (Wildman–Crippen MR) is 127 cm³/mol. The summed E-state index contributed by atoms with van der Waals surface area (Å²) < 4.78 is 11.2. The topological polar surface area (TPSA) is 105 Å². The van der Waals surface area contributed by atoms with Crippen LogP contribution in [0.2, 0.25) is 0 Å². The second-order valence-corrected chi connectivity index (χ2v) is 8.92. The zero-order chi connectivity index (χ0) is 23.0. The molecule has 1 fully saturated rings. The van der Waals surface area contributed by atoms with Gasteiger partial charge in [0.2, 0.25) is 0 Å². The van der Waals surface area contributed by atoms with Crippen molar-refractivity contribution >= 4 is 34.6 Å². The second-order valence-electron chi connectivity index (χ2n) is 7.95. The van der Waals surface area contributed by atoms with Gasteiger partial charge in [0, 0.05) is 17.9 Å². The fraction of sp³-hybridized carbons (Fsp3) is 0.375. The number of imidazole rings is 1. The van der Waals surface area contributed by atoms with Gasteiger partial charge >= 0.3 is 0 Å². The number of H-pyrrole nitrogens is 1. The maximum absolute atomic E-state index is 12.4. The first kappa shape index (κ1) is 23.3. The Labute approximate surface area is 196 Å². The first-order chi connectivity index (χ1) is 16.1. The normalized spacial score (nSPS) is 16.9. The van der Waals surface area contributed by atoms with E-state index >= 15 is 0 Å². The summed E-state index contributed by atoms with van der Waals surface area (Å²) in [6.45, 7) is 2.76. The van der Waals surface area contributed by atoms with Crippen molar-refractivity contribution in [3.05, 3.63) is 59.7 Å². The number of para-hydroxylation sites is 2. The molecule has 1 aromatic heterocycles. The Morgan fingerprint density at radius 2 is 2.00 bits per heavy atom.